The van der Waals surface area contributed by atoms with Gasteiger partial charge in [-0.3, -0.25) is 16.0 Å². The van der Waals surface area contributed by atoms with Gasteiger partial charge >= 0.3 is 6.18 Å². The van der Waals surface area contributed by atoms with E-state index < -0.39 is 24.1 Å². The van der Waals surface area contributed by atoms with Gasteiger partial charge in [0.25, 0.3) is 0 Å². The first kappa shape index (κ1) is 14.3. The van der Waals surface area contributed by atoms with E-state index in [2.05, 4.69) is 15.7 Å². The molecule has 0 aromatic carbocycles. The summed E-state index contributed by atoms with van der Waals surface area (Å²) in [4.78, 5) is 0. The number of hydrazine groups is 1. The van der Waals surface area contributed by atoms with Crippen LogP contribution in [0.1, 0.15) is 37.4 Å². The molecule has 0 saturated heterocycles. The van der Waals surface area contributed by atoms with E-state index in [-0.39, 0.29) is 6.42 Å². The minimum atomic E-state index is -4.19. The van der Waals surface area contributed by atoms with Gasteiger partial charge in [-0.1, -0.05) is 18.1 Å². The van der Waals surface area contributed by atoms with Crippen molar-refractivity contribution in [2.45, 2.75) is 37.9 Å². The second-order valence-electron chi connectivity index (χ2n) is 5.02. The number of alkyl halides is 3. The molecule has 3 N–H and O–H groups in total. The number of aromatic nitrogens is 3. The molecule has 0 aliphatic heterocycles. The van der Waals surface area contributed by atoms with Crippen LogP contribution in [0.15, 0.2) is 6.20 Å². The highest BCUT2D eigenvalue weighted by molar-refractivity contribution is 5.05. The Balaban J connectivity index is 2.27. The Morgan fingerprint density at radius 2 is 2.11 bits per heavy atom. The molecule has 108 valence electrons. The average Bonchev–Trinajstić information content (AvgIpc) is 2.76. The minimum Gasteiger partial charge on any atom is -0.271 e. The summed E-state index contributed by atoms with van der Waals surface area (Å²) in [5, 5.41) is 7.47. The SMILES string of the molecule is Cn1nncc1C(NN)C1CCCCC1C(F)(F)F. The number of halogens is 3. The highest BCUT2D eigenvalue weighted by atomic mass is 19.4. The standard InChI is InChI=1S/C11H18F3N5/c1-19-9(6-16-18-19)10(17-15)7-4-2-3-5-8(7)11(12,13)14/h6-8,10,17H,2-5,15H2,1H3. The molecule has 1 aliphatic rings. The normalized spacial score (nSPS) is 26.4. The van der Waals surface area contributed by atoms with Crippen molar-refractivity contribution in [3.8, 4) is 0 Å². The van der Waals surface area contributed by atoms with Gasteiger partial charge in [-0.15, -0.1) is 5.10 Å². The maximum absolute atomic E-state index is 13.1. The van der Waals surface area contributed by atoms with Gasteiger partial charge in [0.15, 0.2) is 0 Å². The number of nitrogens with one attached hydrogen (secondary N) is 1. The fourth-order valence-electron chi connectivity index (χ4n) is 2.97. The first-order valence-electron chi connectivity index (χ1n) is 6.32. The van der Waals surface area contributed by atoms with Crippen molar-refractivity contribution in [1.82, 2.24) is 20.4 Å². The van der Waals surface area contributed by atoms with Crippen LogP contribution in [0.3, 0.4) is 0 Å². The van der Waals surface area contributed by atoms with Crippen molar-refractivity contribution in [1.29, 1.82) is 0 Å². The molecule has 0 radical (unpaired) electrons. The number of aryl methyl sites for hydroxylation is 1. The number of rotatable bonds is 3. The van der Waals surface area contributed by atoms with Crippen LogP contribution in [0.2, 0.25) is 0 Å². The summed E-state index contributed by atoms with van der Waals surface area (Å²) in [5.41, 5.74) is 3.10. The molecule has 8 heteroatoms. The van der Waals surface area contributed by atoms with Crippen LogP contribution in [0.25, 0.3) is 0 Å². The van der Waals surface area contributed by atoms with Gasteiger partial charge < -0.3 is 0 Å². The lowest BCUT2D eigenvalue weighted by atomic mass is 9.74. The zero-order valence-electron chi connectivity index (χ0n) is 10.7. The van der Waals surface area contributed by atoms with Crippen molar-refractivity contribution >= 4 is 0 Å². The Labute approximate surface area is 109 Å². The van der Waals surface area contributed by atoms with E-state index in [1.54, 1.807) is 7.05 Å². The van der Waals surface area contributed by atoms with E-state index in [9.17, 15) is 13.2 Å². The zero-order chi connectivity index (χ0) is 14.0. The fraction of sp³-hybridized carbons (Fsp3) is 0.818. The summed E-state index contributed by atoms with van der Waals surface area (Å²) >= 11 is 0. The van der Waals surface area contributed by atoms with E-state index >= 15 is 0 Å². The van der Waals surface area contributed by atoms with Crippen molar-refractivity contribution in [2.24, 2.45) is 24.7 Å². The van der Waals surface area contributed by atoms with Crippen molar-refractivity contribution in [3.63, 3.8) is 0 Å². The summed E-state index contributed by atoms with van der Waals surface area (Å²) < 4.78 is 40.8. The topological polar surface area (TPSA) is 68.8 Å². The molecule has 0 bridgehead atoms. The van der Waals surface area contributed by atoms with Gasteiger partial charge in [-0.2, -0.15) is 13.2 Å². The molecule has 1 saturated carbocycles. The molecular weight excluding hydrogens is 259 g/mol. The molecule has 1 aromatic heterocycles. The van der Waals surface area contributed by atoms with Crippen molar-refractivity contribution < 1.29 is 13.2 Å². The average molecular weight is 277 g/mol. The van der Waals surface area contributed by atoms with E-state index in [0.29, 0.717) is 18.5 Å². The lowest BCUT2D eigenvalue weighted by Crippen LogP contribution is -2.43. The summed E-state index contributed by atoms with van der Waals surface area (Å²) in [6.07, 6.45) is -0.650. The molecule has 3 atom stereocenters. The number of hydrogen-bond acceptors (Lipinski definition) is 4. The van der Waals surface area contributed by atoms with Crippen molar-refractivity contribution in [2.75, 3.05) is 0 Å². The Hall–Kier alpha value is -1.15. The summed E-state index contributed by atoms with van der Waals surface area (Å²) in [5.74, 6) is 3.59. The molecule has 5 nitrogen and oxygen atoms in total. The van der Waals surface area contributed by atoms with Crippen LogP contribution in [0.5, 0.6) is 0 Å². The van der Waals surface area contributed by atoms with E-state index in [0.717, 1.165) is 6.42 Å². The van der Waals surface area contributed by atoms with Crippen LogP contribution in [-0.2, 0) is 7.05 Å². The third-order valence-corrected chi connectivity index (χ3v) is 3.92. The molecule has 19 heavy (non-hydrogen) atoms. The molecule has 0 spiro atoms. The molecule has 1 heterocycles. The summed E-state index contributed by atoms with van der Waals surface area (Å²) in [6, 6.07) is -0.577. The Bertz CT molecular complexity index is 417. The van der Waals surface area contributed by atoms with Crippen LogP contribution in [0, 0.1) is 11.8 Å². The van der Waals surface area contributed by atoms with Crippen molar-refractivity contribution in [3.05, 3.63) is 11.9 Å². The van der Waals surface area contributed by atoms with E-state index in [1.165, 1.54) is 10.9 Å². The number of nitrogens with zero attached hydrogens (tertiary/aromatic N) is 3. The molecule has 0 amide bonds. The summed E-state index contributed by atoms with van der Waals surface area (Å²) in [7, 11) is 1.65. The fourth-order valence-corrected chi connectivity index (χ4v) is 2.97. The predicted molar refractivity (Wildman–Crippen MR) is 62.6 cm³/mol. The molecule has 1 aromatic rings. The second-order valence-corrected chi connectivity index (χ2v) is 5.02. The maximum atomic E-state index is 13.1. The van der Waals surface area contributed by atoms with Crippen LogP contribution < -0.4 is 11.3 Å². The minimum absolute atomic E-state index is 0.164. The van der Waals surface area contributed by atoms with Gasteiger partial charge in [0.05, 0.1) is 23.9 Å². The Kier molecular flexibility index (Phi) is 4.10. The first-order valence-corrected chi connectivity index (χ1v) is 6.32. The number of nitrogens with two attached hydrogens (primary N) is 1. The van der Waals surface area contributed by atoms with Crippen LogP contribution >= 0.6 is 0 Å². The molecular formula is C11H18F3N5. The molecule has 3 unspecified atom stereocenters. The lowest BCUT2D eigenvalue weighted by molar-refractivity contribution is -0.199. The Morgan fingerprint density at radius 1 is 1.42 bits per heavy atom. The van der Waals surface area contributed by atoms with Crippen LogP contribution in [-0.4, -0.2) is 21.2 Å². The lowest BCUT2D eigenvalue weighted by Gasteiger charge is -2.37. The second kappa shape index (κ2) is 5.46. The largest absolute Gasteiger partial charge is 0.392 e. The quantitative estimate of drug-likeness (QED) is 0.651. The van der Waals surface area contributed by atoms with Crippen LogP contribution in [0.4, 0.5) is 13.2 Å². The van der Waals surface area contributed by atoms with Gasteiger partial charge in [0.2, 0.25) is 0 Å². The zero-order valence-corrected chi connectivity index (χ0v) is 10.7. The van der Waals surface area contributed by atoms with E-state index in [4.69, 9.17) is 5.84 Å². The van der Waals surface area contributed by atoms with Gasteiger partial charge in [0, 0.05) is 7.05 Å². The molecule has 1 fully saturated rings. The predicted octanol–water partition coefficient (Wildman–Crippen LogP) is 1.69. The third kappa shape index (κ3) is 2.89. The summed E-state index contributed by atoms with van der Waals surface area (Å²) in [6.45, 7) is 0. The highest BCUT2D eigenvalue weighted by Crippen LogP contribution is 2.46. The van der Waals surface area contributed by atoms with Gasteiger partial charge in [0.1, 0.15) is 0 Å². The third-order valence-electron chi connectivity index (χ3n) is 3.92. The Morgan fingerprint density at radius 3 is 2.63 bits per heavy atom. The number of hydrogen-bond donors (Lipinski definition) is 2. The van der Waals surface area contributed by atoms with E-state index in [1.807, 2.05) is 0 Å². The molecule has 1 aliphatic carbocycles. The van der Waals surface area contributed by atoms with Gasteiger partial charge in [-0.25, -0.2) is 0 Å². The van der Waals surface area contributed by atoms with Gasteiger partial charge in [-0.05, 0) is 18.8 Å². The molecule has 2 rings (SSSR count). The smallest absolute Gasteiger partial charge is 0.271 e. The highest BCUT2D eigenvalue weighted by Gasteiger charge is 2.48. The maximum Gasteiger partial charge on any atom is 0.392 e. The first-order chi connectivity index (χ1) is 8.95. The monoisotopic (exact) mass is 277 g/mol.